The van der Waals surface area contributed by atoms with Crippen LogP contribution < -0.4 is 5.43 Å². The minimum atomic E-state index is -0.198. The van der Waals surface area contributed by atoms with Crippen molar-refractivity contribution in [2.45, 2.75) is 12.1 Å². The summed E-state index contributed by atoms with van der Waals surface area (Å²) in [6, 6.07) is 11.3. The first kappa shape index (κ1) is 14.4. The maximum Gasteiger partial charge on any atom is 0.250 e. The second-order valence-corrected chi connectivity index (χ2v) is 5.52. The third-order valence-corrected chi connectivity index (χ3v) is 3.81. The minimum absolute atomic E-state index is 0.198. The van der Waals surface area contributed by atoms with Crippen LogP contribution in [0.5, 0.6) is 0 Å². The Kier molecular flexibility index (Phi) is 4.24. The number of rotatable bonds is 5. The Hall–Kier alpha value is -2.54. The number of nitrogens with zero attached hydrogens (tertiary/aromatic N) is 2. The lowest BCUT2D eigenvalue weighted by Crippen LogP contribution is -2.21. The molecule has 112 valence electrons. The van der Waals surface area contributed by atoms with Crippen LogP contribution in [0.4, 0.5) is 0 Å². The molecule has 0 aliphatic carbocycles. The lowest BCUT2D eigenvalue weighted by molar-refractivity contribution is -0.118. The van der Waals surface area contributed by atoms with Gasteiger partial charge in [0.15, 0.2) is 5.16 Å². The number of hydrogen-bond acceptors (Lipinski definition) is 5. The molecule has 22 heavy (non-hydrogen) atoms. The number of imidazole rings is 1. The molecule has 0 saturated heterocycles. The van der Waals surface area contributed by atoms with Crippen molar-refractivity contribution >= 4 is 34.4 Å². The molecule has 1 amide bonds. The van der Waals surface area contributed by atoms with Gasteiger partial charge in [0, 0.05) is 0 Å². The second-order valence-electron chi connectivity index (χ2n) is 4.56. The third-order valence-electron chi connectivity index (χ3n) is 2.93. The van der Waals surface area contributed by atoms with Crippen molar-refractivity contribution in [2.24, 2.45) is 5.10 Å². The van der Waals surface area contributed by atoms with Crippen molar-refractivity contribution in [3.63, 3.8) is 0 Å². The highest BCUT2D eigenvalue weighted by atomic mass is 32.2. The molecule has 6 nitrogen and oxygen atoms in total. The number of para-hydroxylation sites is 2. The first-order chi connectivity index (χ1) is 10.7. The van der Waals surface area contributed by atoms with Crippen molar-refractivity contribution < 1.29 is 9.21 Å². The van der Waals surface area contributed by atoms with Crippen LogP contribution in [-0.2, 0) is 4.79 Å². The average molecular weight is 314 g/mol. The summed E-state index contributed by atoms with van der Waals surface area (Å²) in [5.74, 6) is 0.663. The Balaban J connectivity index is 1.55. The Morgan fingerprint density at radius 2 is 2.23 bits per heavy atom. The highest BCUT2D eigenvalue weighted by Crippen LogP contribution is 2.18. The molecule has 2 N–H and O–H groups in total. The SMILES string of the molecule is CC(=NNC(=O)CSc1nc2ccccc2[nH]1)c1ccco1. The number of benzene rings is 1. The summed E-state index contributed by atoms with van der Waals surface area (Å²) in [5.41, 5.74) is 4.96. The zero-order valence-corrected chi connectivity index (χ0v) is 12.7. The molecule has 0 unspecified atom stereocenters. The van der Waals surface area contributed by atoms with Crippen LogP contribution in [0.15, 0.2) is 57.3 Å². The predicted octanol–water partition coefficient (Wildman–Crippen LogP) is 2.79. The topological polar surface area (TPSA) is 83.3 Å². The van der Waals surface area contributed by atoms with Gasteiger partial charge < -0.3 is 9.40 Å². The quantitative estimate of drug-likeness (QED) is 0.431. The number of aromatic nitrogens is 2. The molecule has 2 aromatic heterocycles. The summed E-state index contributed by atoms with van der Waals surface area (Å²) in [7, 11) is 0. The number of furan rings is 1. The van der Waals surface area contributed by atoms with Crippen molar-refractivity contribution in [3.8, 4) is 0 Å². The van der Waals surface area contributed by atoms with Crippen molar-refractivity contribution in [2.75, 3.05) is 5.75 Å². The fourth-order valence-corrected chi connectivity index (χ4v) is 2.53. The number of carbonyl (C=O) groups excluding carboxylic acids is 1. The number of H-pyrrole nitrogens is 1. The van der Waals surface area contributed by atoms with Crippen molar-refractivity contribution in [1.82, 2.24) is 15.4 Å². The molecule has 7 heteroatoms. The molecule has 0 saturated carbocycles. The van der Waals surface area contributed by atoms with E-state index in [0.717, 1.165) is 11.0 Å². The average Bonchev–Trinajstić information content (AvgIpc) is 3.19. The molecule has 2 heterocycles. The van der Waals surface area contributed by atoms with Gasteiger partial charge in [-0.15, -0.1) is 0 Å². The van der Waals surface area contributed by atoms with Gasteiger partial charge in [-0.1, -0.05) is 23.9 Å². The lowest BCUT2D eigenvalue weighted by atomic mass is 10.3. The largest absolute Gasteiger partial charge is 0.463 e. The summed E-state index contributed by atoms with van der Waals surface area (Å²) in [6.45, 7) is 1.77. The number of aromatic amines is 1. The van der Waals surface area contributed by atoms with Gasteiger partial charge in [-0.3, -0.25) is 4.79 Å². The molecule has 3 aromatic rings. The van der Waals surface area contributed by atoms with Gasteiger partial charge in [-0.25, -0.2) is 10.4 Å². The van der Waals surface area contributed by atoms with Crippen LogP contribution >= 0.6 is 11.8 Å². The summed E-state index contributed by atoms with van der Waals surface area (Å²) in [4.78, 5) is 19.4. The molecule has 3 rings (SSSR count). The number of carbonyl (C=O) groups is 1. The number of hydrogen-bond donors (Lipinski definition) is 2. The Labute approximate surface area is 131 Å². The van der Waals surface area contributed by atoms with E-state index in [0.29, 0.717) is 16.6 Å². The molecule has 0 spiro atoms. The van der Waals surface area contributed by atoms with Gasteiger partial charge in [0.1, 0.15) is 11.5 Å². The predicted molar refractivity (Wildman–Crippen MR) is 85.9 cm³/mol. The zero-order valence-electron chi connectivity index (χ0n) is 11.9. The highest BCUT2D eigenvalue weighted by molar-refractivity contribution is 7.99. The molecule has 0 aliphatic heterocycles. The van der Waals surface area contributed by atoms with E-state index in [1.54, 1.807) is 25.3 Å². The van der Waals surface area contributed by atoms with Gasteiger partial charge in [-0.05, 0) is 31.2 Å². The van der Waals surface area contributed by atoms with E-state index >= 15 is 0 Å². The third kappa shape index (κ3) is 3.37. The Bertz CT molecular complexity index is 775. The molecule has 0 atom stereocenters. The first-order valence-electron chi connectivity index (χ1n) is 6.67. The molecule has 0 bridgehead atoms. The Morgan fingerprint density at radius 3 is 3.00 bits per heavy atom. The van der Waals surface area contributed by atoms with Gasteiger partial charge in [0.05, 0.1) is 23.0 Å². The number of nitrogens with one attached hydrogen (secondary N) is 2. The van der Waals surface area contributed by atoms with Crippen LogP contribution in [0.2, 0.25) is 0 Å². The summed E-state index contributed by atoms with van der Waals surface area (Å²) >= 11 is 1.33. The number of amides is 1. The summed E-state index contributed by atoms with van der Waals surface area (Å²) in [5, 5.41) is 4.71. The standard InChI is InChI=1S/C15H14N4O2S/c1-10(13-7-4-8-21-13)18-19-14(20)9-22-15-16-11-5-2-3-6-12(11)17-15/h2-8H,9H2,1H3,(H,16,17)(H,19,20). The van der Waals surface area contributed by atoms with Crippen LogP contribution in [0.25, 0.3) is 11.0 Å². The zero-order chi connectivity index (χ0) is 15.4. The summed E-state index contributed by atoms with van der Waals surface area (Å²) in [6.07, 6.45) is 1.56. The minimum Gasteiger partial charge on any atom is -0.463 e. The van der Waals surface area contributed by atoms with Crippen molar-refractivity contribution in [3.05, 3.63) is 48.4 Å². The second kappa shape index (κ2) is 6.48. The van der Waals surface area contributed by atoms with Crippen LogP contribution in [-0.4, -0.2) is 27.3 Å². The molecule has 0 radical (unpaired) electrons. The van der Waals surface area contributed by atoms with E-state index in [1.165, 1.54) is 11.8 Å². The van der Waals surface area contributed by atoms with Gasteiger partial charge in [-0.2, -0.15) is 5.10 Å². The molecular formula is C15H14N4O2S. The number of hydrazone groups is 1. The van der Waals surface area contributed by atoms with E-state index in [9.17, 15) is 4.79 Å². The van der Waals surface area contributed by atoms with Crippen LogP contribution in [0, 0.1) is 0 Å². The highest BCUT2D eigenvalue weighted by Gasteiger charge is 2.07. The van der Waals surface area contributed by atoms with E-state index < -0.39 is 0 Å². The normalized spacial score (nSPS) is 11.8. The number of thioether (sulfide) groups is 1. The maximum atomic E-state index is 11.8. The Morgan fingerprint density at radius 1 is 1.36 bits per heavy atom. The first-order valence-corrected chi connectivity index (χ1v) is 7.65. The molecule has 1 aromatic carbocycles. The lowest BCUT2D eigenvalue weighted by Gasteiger charge is -1.99. The van der Waals surface area contributed by atoms with Crippen LogP contribution in [0.3, 0.4) is 0 Å². The van der Waals surface area contributed by atoms with Gasteiger partial charge in [0.25, 0.3) is 5.91 Å². The number of fused-ring (bicyclic) bond motifs is 1. The van der Waals surface area contributed by atoms with E-state index in [-0.39, 0.29) is 11.7 Å². The van der Waals surface area contributed by atoms with Gasteiger partial charge >= 0.3 is 0 Å². The maximum absolute atomic E-state index is 11.8. The smallest absolute Gasteiger partial charge is 0.250 e. The summed E-state index contributed by atoms with van der Waals surface area (Å²) < 4.78 is 5.19. The van der Waals surface area contributed by atoms with Crippen LogP contribution in [0.1, 0.15) is 12.7 Å². The fraction of sp³-hybridized carbons (Fsp3) is 0.133. The van der Waals surface area contributed by atoms with E-state index in [2.05, 4.69) is 20.5 Å². The van der Waals surface area contributed by atoms with E-state index in [4.69, 9.17) is 4.42 Å². The molecule has 0 fully saturated rings. The van der Waals surface area contributed by atoms with Crippen molar-refractivity contribution in [1.29, 1.82) is 0 Å². The molecule has 0 aliphatic rings. The monoisotopic (exact) mass is 314 g/mol. The van der Waals surface area contributed by atoms with Gasteiger partial charge in [0.2, 0.25) is 0 Å². The van der Waals surface area contributed by atoms with E-state index in [1.807, 2.05) is 24.3 Å². The fourth-order valence-electron chi connectivity index (χ4n) is 1.85. The molecular weight excluding hydrogens is 300 g/mol.